The molecule has 60 valence electrons. The molecule has 0 radical (unpaired) electrons. The van der Waals surface area contributed by atoms with Crippen LogP contribution in [0.2, 0.25) is 0 Å². The first-order valence-corrected chi connectivity index (χ1v) is 4.10. The normalized spacial score (nSPS) is 32.4. The Hall–Kier alpha value is -0.0800. The topological polar surface area (TPSA) is 21.3 Å². The van der Waals surface area contributed by atoms with E-state index in [1.807, 2.05) is 0 Å². The quantitative estimate of drug-likeness (QED) is 0.641. The van der Waals surface area contributed by atoms with Crippen molar-refractivity contribution in [2.45, 2.75) is 27.0 Å². The summed E-state index contributed by atoms with van der Waals surface area (Å²) in [6.45, 7) is 8.55. The minimum atomic E-state index is 0.338. The van der Waals surface area contributed by atoms with Crippen LogP contribution in [0.1, 0.15) is 20.8 Å². The highest BCUT2D eigenvalue weighted by atomic mass is 16.5. The van der Waals surface area contributed by atoms with Crippen LogP contribution in [0.3, 0.4) is 0 Å². The molecule has 0 bridgehead atoms. The zero-order valence-electron chi connectivity index (χ0n) is 7.05. The number of hydrogen-bond donors (Lipinski definition) is 1. The van der Waals surface area contributed by atoms with E-state index in [0.717, 1.165) is 25.0 Å². The predicted octanol–water partition coefficient (Wildman–Crippen LogP) is 1.22. The van der Waals surface area contributed by atoms with Gasteiger partial charge in [0.05, 0.1) is 6.61 Å². The van der Waals surface area contributed by atoms with E-state index >= 15 is 0 Å². The molecule has 0 aromatic heterocycles. The van der Waals surface area contributed by atoms with Crippen LogP contribution >= 0.6 is 0 Å². The van der Waals surface area contributed by atoms with Gasteiger partial charge in [0.25, 0.3) is 0 Å². The SMILES string of the molecule is CCNC1OCC1C(C)C. The van der Waals surface area contributed by atoms with Crippen LogP contribution in [-0.2, 0) is 4.74 Å². The molecule has 1 fully saturated rings. The van der Waals surface area contributed by atoms with Crippen molar-refractivity contribution in [3.63, 3.8) is 0 Å². The van der Waals surface area contributed by atoms with Crippen LogP contribution in [0, 0.1) is 11.8 Å². The Kier molecular flexibility index (Phi) is 2.69. The van der Waals surface area contributed by atoms with Crippen molar-refractivity contribution in [2.75, 3.05) is 13.2 Å². The van der Waals surface area contributed by atoms with Gasteiger partial charge in [0.2, 0.25) is 0 Å². The Morgan fingerprint density at radius 2 is 2.30 bits per heavy atom. The molecular weight excluding hydrogens is 126 g/mol. The Labute approximate surface area is 63.0 Å². The zero-order valence-corrected chi connectivity index (χ0v) is 7.05. The van der Waals surface area contributed by atoms with Gasteiger partial charge < -0.3 is 4.74 Å². The molecule has 2 atom stereocenters. The lowest BCUT2D eigenvalue weighted by molar-refractivity contribution is -0.148. The van der Waals surface area contributed by atoms with Crippen LogP contribution in [-0.4, -0.2) is 19.4 Å². The Morgan fingerprint density at radius 1 is 1.60 bits per heavy atom. The first kappa shape index (κ1) is 8.02. The number of nitrogens with one attached hydrogen (secondary N) is 1. The van der Waals surface area contributed by atoms with Gasteiger partial charge >= 0.3 is 0 Å². The highest BCUT2D eigenvalue weighted by Crippen LogP contribution is 2.25. The van der Waals surface area contributed by atoms with Crippen molar-refractivity contribution in [1.29, 1.82) is 0 Å². The van der Waals surface area contributed by atoms with Crippen LogP contribution in [0.15, 0.2) is 0 Å². The fourth-order valence-electron chi connectivity index (χ4n) is 1.26. The summed E-state index contributed by atoms with van der Waals surface area (Å²) in [5.41, 5.74) is 0. The van der Waals surface area contributed by atoms with E-state index in [2.05, 4.69) is 26.1 Å². The molecule has 2 heteroatoms. The smallest absolute Gasteiger partial charge is 0.113 e. The van der Waals surface area contributed by atoms with Gasteiger partial charge in [0.15, 0.2) is 0 Å². The summed E-state index contributed by atoms with van der Waals surface area (Å²) in [4.78, 5) is 0. The molecule has 0 aliphatic carbocycles. The number of ether oxygens (including phenoxy) is 1. The molecule has 1 heterocycles. The lowest BCUT2D eigenvalue weighted by atomic mass is 9.91. The first-order valence-electron chi connectivity index (χ1n) is 4.10. The largest absolute Gasteiger partial charge is 0.363 e. The minimum absolute atomic E-state index is 0.338. The second-order valence-corrected chi connectivity index (χ2v) is 3.22. The third-order valence-corrected chi connectivity index (χ3v) is 2.12. The average Bonchev–Trinajstić information content (AvgIpc) is 1.78. The van der Waals surface area contributed by atoms with Gasteiger partial charge in [-0.15, -0.1) is 0 Å². The molecule has 0 saturated carbocycles. The summed E-state index contributed by atoms with van der Waals surface area (Å²) in [6, 6.07) is 0. The molecule has 1 aliphatic heterocycles. The van der Waals surface area contributed by atoms with Crippen LogP contribution < -0.4 is 5.32 Å². The van der Waals surface area contributed by atoms with Crippen LogP contribution in [0.4, 0.5) is 0 Å². The van der Waals surface area contributed by atoms with Gasteiger partial charge in [-0.05, 0) is 12.5 Å². The van der Waals surface area contributed by atoms with Crippen LogP contribution in [0.5, 0.6) is 0 Å². The van der Waals surface area contributed by atoms with Crippen molar-refractivity contribution >= 4 is 0 Å². The maximum atomic E-state index is 5.33. The highest BCUT2D eigenvalue weighted by molar-refractivity contribution is 4.78. The maximum Gasteiger partial charge on any atom is 0.113 e. The monoisotopic (exact) mass is 143 g/mol. The summed E-state index contributed by atoms with van der Waals surface area (Å²) in [5.74, 6) is 1.48. The van der Waals surface area contributed by atoms with Gasteiger partial charge in [-0.1, -0.05) is 20.8 Å². The molecule has 0 aromatic rings. The van der Waals surface area contributed by atoms with E-state index in [0.29, 0.717) is 6.23 Å². The second kappa shape index (κ2) is 3.35. The van der Waals surface area contributed by atoms with Crippen molar-refractivity contribution < 1.29 is 4.74 Å². The summed E-state index contributed by atoms with van der Waals surface area (Å²) < 4.78 is 5.33. The molecule has 2 unspecified atom stereocenters. The van der Waals surface area contributed by atoms with Gasteiger partial charge in [0.1, 0.15) is 6.23 Å². The summed E-state index contributed by atoms with van der Waals surface area (Å²) in [5, 5.41) is 3.29. The summed E-state index contributed by atoms with van der Waals surface area (Å²) in [7, 11) is 0. The Bertz CT molecular complexity index is 103. The van der Waals surface area contributed by atoms with E-state index in [-0.39, 0.29) is 0 Å². The molecule has 1 saturated heterocycles. The molecule has 0 aromatic carbocycles. The molecule has 10 heavy (non-hydrogen) atoms. The van der Waals surface area contributed by atoms with Gasteiger partial charge in [-0.2, -0.15) is 0 Å². The van der Waals surface area contributed by atoms with Crippen molar-refractivity contribution in [3.05, 3.63) is 0 Å². The Balaban J connectivity index is 2.22. The third kappa shape index (κ3) is 1.50. The van der Waals surface area contributed by atoms with Gasteiger partial charge in [0, 0.05) is 5.92 Å². The number of rotatable bonds is 3. The Morgan fingerprint density at radius 3 is 2.60 bits per heavy atom. The molecule has 1 rings (SSSR count). The highest BCUT2D eigenvalue weighted by Gasteiger charge is 2.33. The van der Waals surface area contributed by atoms with Gasteiger partial charge in [-0.25, -0.2) is 0 Å². The molecular formula is C8H17NO. The summed E-state index contributed by atoms with van der Waals surface area (Å²) >= 11 is 0. The predicted molar refractivity (Wildman–Crippen MR) is 41.7 cm³/mol. The van der Waals surface area contributed by atoms with E-state index < -0.39 is 0 Å². The van der Waals surface area contributed by atoms with Crippen molar-refractivity contribution in [3.8, 4) is 0 Å². The van der Waals surface area contributed by atoms with Crippen LogP contribution in [0.25, 0.3) is 0 Å². The molecule has 1 N–H and O–H groups in total. The maximum absolute atomic E-state index is 5.33. The molecule has 1 aliphatic rings. The fraction of sp³-hybridized carbons (Fsp3) is 1.00. The number of hydrogen-bond acceptors (Lipinski definition) is 2. The lowest BCUT2D eigenvalue weighted by Gasteiger charge is -2.39. The fourth-order valence-corrected chi connectivity index (χ4v) is 1.26. The molecule has 0 spiro atoms. The molecule has 2 nitrogen and oxygen atoms in total. The average molecular weight is 143 g/mol. The van der Waals surface area contributed by atoms with E-state index in [1.54, 1.807) is 0 Å². The molecule has 0 amide bonds. The second-order valence-electron chi connectivity index (χ2n) is 3.22. The van der Waals surface area contributed by atoms with Crippen molar-refractivity contribution in [1.82, 2.24) is 5.32 Å². The van der Waals surface area contributed by atoms with Crippen molar-refractivity contribution in [2.24, 2.45) is 11.8 Å². The lowest BCUT2D eigenvalue weighted by Crippen LogP contribution is -2.51. The van der Waals surface area contributed by atoms with E-state index in [4.69, 9.17) is 4.74 Å². The summed E-state index contributed by atoms with van der Waals surface area (Å²) in [6.07, 6.45) is 0.338. The standard InChI is InChI=1S/C8H17NO/c1-4-9-8-7(5-10-8)6(2)3/h6-9H,4-5H2,1-3H3. The third-order valence-electron chi connectivity index (χ3n) is 2.12. The minimum Gasteiger partial charge on any atom is -0.363 e. The van der Waals surface area contributed by atoms with E-state index in [9.17, 15) is 0 Å². The zero-order chi connectivity index (χ0) is 7.56. The van der Waals surface area contributed by atoms with Gasteiger partial charge in [-0.3, -0.25) is 5.32 Å². The first-order chi connectivity index (χ1) is 4.75. The van der Waals surface area contributed by atoms with E-state index in [1.165, 1.54) is 0 Å².